The number of hydrogen-bond donors (Lipinski definition) is 2. The second-order valence-corrected chi connectivity index (χ2v) is 9.34. The number of likely N-dealkylation sites (tertiary alicyclic amines) is 1. The number of fused-ring (bicyclic) bond motifs is 3. The monoisotopic (exact) mass is 462 g/mol. The SMILES string of the molecule is C=CCC1(C(=O)O)CN(C(=O)CC(C)CNC(=O)OCC2c3ccccc3-c3ccccc32)C1. The van der Waals surface area contributed by atoms with Gasteiger partial charge >= 0.3 is 12.1 Å². The van der Waals surface area contributed by atoms with Crippen LogP contribution in [0, 0.1) is 11.3 Å². The molecule has 0 radical (unpaired) electrons. The maximum absolute atomic E-state index is 12.5. The Bertz CT molecular complexity index is 1060. The second kappa shape index (κ2) is 9.71. The van der Waals surface area contributed by atoms with Crippen molar-refractivity contribution in [3.63, 3.8) is 0 Å². The largest absolute Gasteiger partial charge is 0.481 e. The Morgan fingerprint density at radius 3 is 2.29 bits per heavy atom. The highest BCUT2D eigenvalue weighted by molar-refractivity contribution is 5.84. The fourth-order valence-corrected chi connectivity index (χ4v) is 4.90. The van der Waals surface area contributed by atoms with E-state index >= 15 is 0 Å². The number of hydrogen-bond acceptors (Lipinski definition) is 4. The van der Waals surface area contributed by atoms with Crippen LogP contribution >= 0.6 is 0 Å². The molecule has 0 aromatic heterocycles. The lowest BCUT2D eigenvalue weighted by molar-refractivity contribution is -0.166. The number of allylic oxidation sites excluding steroid dienone is 1. The molecule has 7 heteroatoms. The Balaban J connectivity index is 1.23. The summed E-state index contributed by atoms with van der Waals surface area (Å²) in [4.78, 5) is 37.9. The van der Waals surface area contributed by atoms with Crippen LogP contribution in [0.5, 0.6) is 0 Å². The van der Waals surface area contributed by atoms with Gasteiger partial charge in [0.05, 0.1) is 0 Å². The summed E-state index contributed by atoms with van der Waals surface area (Å²) in [7, 11) is 0. The molecule has 0 bridgehead atoms. The predicted molar refractivity (Wildman–Crippen MR) is 128 cm³/mol. The third-order valence-electron chi connectivity index (χ3n) is 6.79. The quantitative estimate of drug-likeness (QED) is 0.549. The lowest BCUT2D eigenvalue weighted by Gasteiger charge is -2.47. The fraction of sp³-hybridized carbons (Fsp3) is 0.370. The Kier molecular flexibility index (Phi) is 6.72. The van der Waals surface area contributed by atoms with Crippen LogP contribution in [0.1, 0.15) is 36.8 Å². The van der Waals surface area contributed by atoms with Crippen molar-refractivity contribution in [2.75, 3.05) is 26.2 Å². The van der Waals surface area contributed by atoms with Crippen LogP contribution in [-0.4, -0.2) is 54.2 Å². The summed E-state index contributed by atoms with van der Waals surface area (Å²) in [6.07, 6.45) is 1.64. The van der Waals surface area contributed by atoms with Gasteiger partial charge in [-0.05, 0) is 34.6 Å². The molecular weight excluding hydrogens is 432 g/mol. The van der Waals surface area contributed by atoms with Crippen LogP contribution in [0.15, 0.2) is 61.2 Å². The van der Waals surface area contributed by atoms with Gasteiger partial charge in [-0.1, -0.05) is 61.5 Å². The van der Waals surface area contributed by atoms with Crippen LogP contribution in [0.2, 0.25) is 0 Å². The molecule has 34 heavy (non-hydrogen) atoms. The van der Waals surface area contributed by atoms with Crippen molar-refractivity contribution in [2.24, 2.45) is 11.3 Å². The lowest BCUT2D eigenvalue weighted by Crippen LogP contribution is -2.62. The zero-order chi connectivity index (χ0) is 24.3. The molecule has 7 nitrogen and oxygen atoms in total. The molecule has 0 spiro atoms. The van der Waals surface area contributed by atoms with E-state index in [1.165, 1.54) is 11.1 Å². The molecule has 2 aromatic carbocycles. The first-order valence-electron chi connectivity index (χ1n) is 11.6. The molecule has 2 amide bonds. The van der Waals surface area contributed by atoms with Crippen molar-refractivity contribution >= 4 is 18.0 Å². The standard InChI is InChI=1S/C27H30N2O5/c1-3-12-27(25(31)32)16-29(17-27)24(30)13-18(2)14-28-26(33)34-15-23-21-10-6-4-8-19(21)20-9-5-7-11-22(20)23/h3-11,18,23H,1,12-17H2,2H3,(H,28,33)(H,31,32). The first-order valence-corrected chi connectivity index (χ1v) is 11.6. The minimum Gasteiger partial charge on any atom is -0.481 e. The van der Waals surface area contributed by atoms with Gasteiger partial charge in [-0.25, -0.2) is 4.79 Å². The molecule has 2 aliphatic rings. The van der Waals surface area contributed by atoms with Gasteiger partial charge in [0.1, 0.15) is 12.0 Å². The fourth-order valence-electron chi connectivity index (χ4n) is 4.90. The Labute approximate surface area is 199 Å². The molecule has 1 fully saturated rings. The van der Waals surface area contributed by atoms with E-state index in [-0.39, 0.29) is 43.9 Å². The first kappa shape index (κ1) is 23.5. The summed E-state index contributed by atoms with van der Waals surface area (Å²) in [5.74, 6) is -1.12. The summed E-state index contributed by atoms with van der Waals surface area (Å²) in [6, 6.07) is 16.3. The van der Waals surface area contributed by atoms with Gasteiger partial charge in [0.15, 0.2) is 0 Å². The van der Waals surface area contributed by atoms with Crippen LogP contribution in [0.4, 0.5) is 4.79 Å². The van der Waals surface area contributed by atoms with E-state index in [1.54, 1.807) is 11.0 Å². The van der Waals surface area contributed by atoms with Crippen LogP contribution < -0.4 is 5.32 Å². The van der Waals surface area contributed by atoms with Crippen LogP contribution in [0.25, 0.3) is 11.1 Å². The van der Waals surface area contributed by atoms with Crippen molar-refractivity contribution in [1.29, 1.82) is 0 Å². The summed E-state index contributed by atoms with van der Waals surface area (Å²) >= 11 is 0. The highest BCUT2D eigenvalue weighted by Crippen LogP contribution is 2.44. The van der Waals surface area contributed by atoms with E-state index in [4.69, 9.17) is 4.74 Å². The van der Waals surface area contributed by atoms with Gasteiger partial charge in [0, 0.05) is 32.0 Å². The van der Waals surface area contributed by atoms with E-state index in [9.17, 15) is 19.5 Å². The molecule has 1 heterocycles. The zero-order valence-corrected chi connectivity index (χ0v) is 19.3. The van der Waals surface area contributed by atoms with Gasteiger partial charge in [-0.15, -0.1) is 6.58 Å². The van der Waals surface area contributed by atoms with E-state index in [0.29, 0.717) is 13.0 Å². The zero-order valence-electron chi connectivity index (χ0n) is 19.3. The number of carbonyl (C=O) groups excluding carboxylic acids is 2. The summed E-state index contributed by atoms with van der Waals surface area (Å²) in [5, 5.41) is 12.2. The average molecular weight is 463 g/mol. The van der Waals surface area contributed by atoms with Crippen LogP contribution in [0.3, 0.4) is 0 Å². The maximum atomic E-state index is 12.5. The van der Waals surface area contributed by atoms with E-state index in [2.05, 4.69) is 36.2 Å². The maximum Gasteiger partial charge on any atom is 0.407 e. The van der Waals surface area contributed by atoms with Crippen molar-refractivity contribution < 1.29 is 24.2 Å². The molecule has 4 rings (SSSR count). The minimum atomic E-state index is -0.916. The molecule has 178 valence electrons. The third-order valence-corrected chi connectivity index (χ3v) is 6.79. The van der Waals surface area contributed by atoms with Crippen molar-refractivity contribution in [1.82, 2.24) is 10.2 Å². The molecule has 1 aliphatic carbocycles. The number of carbonyl (C=O) groups is 3. The van der Waals surface area contributed by atoms with Gasteiger partial charge in [0.2, 0.25) is 5.91 Å². The van der Waals surface area contributed by atoms with Gasteiger partial charge < -0.3 is 20.1 Å². The van der Waals surface area contributed by atoms with E-state index < -0.39 is 17.5 Å². The number of aliphatic carboxylic acids is 1. The van der Waals surface area contributed by atoms with Gasteiger partial charge in [-0.2, -0.15) is 0 Å². The summed E-state index contributed by atoms with van der Waals surface area (Å²) < 4.78 is 5.54. The average Bonchev–Trinajstić information content (AvgIpc) is 3.12. The number of carboxylic acid groups (broad SMARTS) is 1. The molecule has 2 N–H and O–H groups in total. The number of benzene rings is 2. The topological polar surface area (TPSA) is 95.9 Å². The molecular formula is C27H30N2O5. The molecule has 1 unspecified atom stereocenters. The summed E-state index contributed by atoms with van der Waals surface area (Å²) in [6.45, 7) is 6.41. The number of amides is 2. The molecule has 1 saturated heterocycles. The number of alkyl carbamates (subject to hydrolysis) is 1. The predicted octanol–water partition coefficient (Wildman–Crippen LogP) is 4.04. The van der Waals surface area contributed by atoms with Crippen molar-refractivity contribution in [3.05, 3.63) is 72.3 Å². The minimum absolute atomic E-state index is 0.00589. The van der Waals surface area contributed by atoms with Gasteiger partial charge in [0.25, 0.3) is 0 Å². The smallest absolute Gasteiger partial charge is 0.407 e. The van der Waals surface area contributed by atoms with Crippen molar-refractivity contribution in [2.45, 2.75) is 25.7 Å². The first-order chi connectivity index (χ1) is 16.3. The number of nitrogens with zero attached hydrogens (tertiary/aromatic N) is 1. The summed E-state index contributed by atoms with van der Waals surface area (Å²) in [5.41, 5.74) is 3.73. The van der Waals surface area contributed by atoms with Gasteiger partial charge in [-0.3, -0.25) is 9.59 Å². The Hall–Kier alpha value is -3.61. The number of ether oxygens (including phenoxy) is 1. The Morgan fingerprint density at radius 2 is 1.74 bits per heavy atom. The highest BCUT2D eigenvalue weighted by atomic mass is 16.5. The molecule has 1 aliphatic heterocycles. The Morgan fingerprint density at radius 1 is 1.15 bits per heavy atom. The number of rotatable bonds is 9. The highest BCUT2D eigenvalue weighted by Gasteiger charge is 2.50. The number of carboxylic acids is 1. The third kappa shape index (κ3) is 4.55. The second-order valence-electron chi connectivity index (χ2n) is 9.34. The van der Waals surface area contributed by atoms with E-state index in [1.807, 2.05) is 31.2 Å². The molecule has 0 saturated carbocycles. The molecule has 2 aromatic rings. The van der Waals surface area contributed by atoms with E-state index in [0.717, 1.165) is 11.1 Å². The normalized spacial score (nSPS) is 16.6. The van der Waals surface area contributed by atoms with Crippen molar-refractivity contribution in [3.8, 4) is 11.1 Å². The van der Waals surface area contributed by atoms with Crippen LogP contribution in [-0.2, 0) is 14.3 Å². The molecule has 1 atom stereocenters. The lowest BCUT2D eigenvalue weighted by atomic mass is 9.76. The number of nitrogens with one attached hydrogen (secondary N) is 1.